The van der Waals surface area contributed by atoms with Gasteiger partial charge in [0.2, 0.25) is 0 Å². The normalized spacial score (nSPS) is 17.1. The van der Waals surface area contributed by atoms with Crippen LogP contribution in [0.5, 0.6) is 0 Å². The fourth-order valence-electron chi connectivity index (χ4n) is 1.99. The zero-order valence-electron chi connectivity index (χ0n) is 9.64. The number of aromatic nitrogens is 1. The van der Waals surface area contributed by atoms with Gasteiger partial charge in [-0.2, -0.15) is 0 Å². The van der Waals surface area contributed by atoms with Gasteiger partial charge in [-0.3, -0.25) is 14.7 Å². The highest BCUT2D eigenvalue weighted by Crippen LogP contribution is 2.33. The summed E-state index contributed by atoms with van der Waals surface area (Å²) in [6.07, 6.45) is 4.76. The Balaban J connectivity index is 2.15. The quantitative estimate of drug-likeness (QED) is 0.850. The summed E-state index contributed by atoms with van der Waals surface area (Å²) in [5.74, 6) is -1.24. The van der Waals surface area contributed by atoms with E-state index in [4.69, 9.17) is 5.11 Å². The first-order chi connectivity index (χ1) is 8.08. The van der Waals surface area contributed by atoms with E-state index < -0.39 is 5.97 Å². The predicted octanol–water partition coefficient (Wildman–Crippen LogP) is 1.83. The van der Waals surface area contributed by atoms with Crippen LogP contribution in [-0.2, 0) is 4.79 Å². The van der Waals surface area contributed by atoms with Crippen LogP contribution in [0.3, 0.4) is 0 Å². The molecule has 1 N–H and O–H groups in total. The van der Waals surface area contributed by atoms with Gasteiger partial charge >= 0.3 is 5.97 Å². The van der Waals surface area contributed by atoms with E-state index in [2.05, 4.69) is 4.98 Å². The fraction of sp³-hybridized carbons (Fsp3) is 0.500. The van der Waals surface area contributed by atoms with E-state index in [-0.39, 0.29) is 18.4 Å². The second-order valence-corrected chi connectivity index (χ2v) is 4.41. The first kappa shape index (κ1) is 12.0. The van der Waals surface area contributed by atoms with Crippen LogP contribution in [0.4, 0.5) is 4.39 Å². The van der Waals surface area contributed by atoms with E-state index in [0.717, 1.165) is 24.6 Å². The van der Waals surface area contributed by atoms with Gasteiger partial charge in [-0.25, -0.2) is 4.39 Å². The van der Waals surface area contributed by atoms with Gasteiger partial charge < -0.3 is 5.11 Å². The average Bonchev–Trinajstić information content (AvgIpc) is 3.08. The number of pyridine rings is 1. The molecule has 5 heteroatoms. The van der Waals surface area contributed by atoms with Gasteiger partial charge in [-0.15, -0.1) is 0 Å². The van der Waals surface area contributed by atoms with E-state index in [1.165, 1.54) is 6.07 Å². The summed E-state index contributed by atoms with van der Waals surface area (Å²) in [7, 11) is 0. The highest BCUT2D eigenvalue weighted by molar-refractivity contribution is 5.69. The molecule has 0 saturated heterocycles. The minimum atomic E-state index is -0.854. The van der Waals surface area contributed by atoms with E-state index in [1.54, 1.807) is 6.20 Å². The van der Waals surface area contributed by atoms with E-state index in [0.29, 0.717) is 6.04 Å². The highest BCUT2D eigenvalue weighted by Gasteiger charge is 2.34. The molecule has 4 nitrogen and oxygen atoms in total. The SMILES string of the molecule is CC(c1cncc(F)c1)N(CC(=O)O)C1CC1. The van der Waals surface area contributed by atoms with Gasteiger partial charge in [0.05, 0.1) is 12.7 Å². The van der Waals surface area contributed by atoms with Gasteiger partial charge in [0, 0.05) is 18.3 Å². The maximum absolute atomic E-state index is 13.1. The number of carboxylic acids is 1. The molecule has 0 aromatic carbocycles. The fourth-order valence-corrected chi connectivity index (χ4v) is 1.99. The Labute approximate surface area is 99.1 Å². The Morgan fingerprint density at radius 1 is 1.65 bits per heavy atom. The molecule has 1 aliphatic carbocycles. The van der Waals surface area contributed by atoms with Crippen molar-refractivity contribution >= 4 is 5.97 Å². The molecule has 1 unspecified atom stereocenters. The average molecular weight is 238 g/mol. The lowest BCUT2D eigenvalue weighted by molar-refractivity contribution is -0.139. The molecule has 0 radical (unpaired) electrons. The molecule has 1 atom stereocenters. The standard InChI is InChI=1S/C12H15FN2O2/c1-8(9-4-10(13)6-14-5-9)15(7-12(16)17)11-2-3-11/h4-6,8,11H,2-3,7H2,1H3,(H,16,17). The van der Waals surface area contributed by atoms with E-state index in [9.17, 15) is 9.18 Å². The van der Waals surface area contributed by atoms with E-state index in [1.807, 2.05) is 11.8 Å². The smallest absolute Gasteiger partial charge is 0.317 e. The molecule has 0 aliphatic heterocycles. The van der Waals surface area contributed by atoms with E-state index >= 15 is 0 Å². The number of halogens is 1. The largest absolute Gasteiger partial charge is 0.480 e. The highest BCUT2D eigenvalue weighted by atomic mass is 19.1. The molecule has 0 amide bonds. The van der Waals surface area contributed by atoms with Gasteiger partial charge in [0.25, 0.3) is 0 Å². The molecule has 0 spiro atoms. The minimum absolute atomic E-state index is 0.0116. The van der Waals surface area contributed by atoms with Crippen LogP contribution in [-0.4, -0.2) is 33.5 Å². The zero-order valence-corrected chi connectivity index (χ0v) is 9.64. The van der Waals surface area contributed by atoms with Crippen molar-refractivity contribution in [3.8, 4) is 0 Å². The van der Waals surface area contributed by atoms with Crippen LogP contribution in [0.15, 0.2) is 18.5 Å². The molecule has 1 saturated carbocycles. The number of hydrogen-bond acceptors (Lipinski definition) is 3. The Bertz CT molecular complexity index is 421. The third-order valence-electron chi connectivity index (χ3n) is 3.04. The lowest BCUT2D eigenvalue weighted by Gasteiger charge is -2.27. The first-order valence-corrected chi connectivity index (χ1v) is 5.66. The summed E-state index contributed by atoms with van der Waals surface area (Å²) >= 11 is 0. The summed E-state index contributed by atoms with van der Waals surface area (Å²) in [6, 6.07) is 1.60. The second kappa shape index (κ2) is 4.79. The van der Waals surface area contributed by atoms with Crippen LogP contribution < -0.4 is 0 Å². The van der Waals surface area contributed by atoms with Gasteiger partial charge in [0.15, 0.2) is 0 Å². The number of carbonyl (C=O) groups is 1. The van der Waals surface area contributed by atoms with Crippen molar-refractivity contribution in [1.29, 1.82) is 0 Å². The zero-order chi connectivity index (χ0) is 12.4. The van der Waals surface area contributed by atoms with Crippen molar-refractivity contribution in [3.05, 3.63) is 29.8 Å². The van der Waals surface area contributed by atoms with Crippen molar-refractivity contribution < 1.29 is 14.3 Å². The van der Waals surface area contributed by atoms with Crippen molar-refractivity contribution in [3.63, 3.8) is 0 Å². The number of aliphatic carboxylic acids is 1. The summed E-state index contributed by atoms with van der Waals surface area (Å²) in [5, 5.41) is 8.88. The molecule has 17 heavy (non-hydrogen) atoms. The Morgan fingerprint density at radius 2 is 2.35 bits per heavy atom. The van der Waals surface area contributed by atoms with Gasteiger partial charge in [-0.1, -0.05) is 0 Å². The summed E-state index contributed by atoms with van der Waals surface area (Å²) in [4.78, 5) is 16.5. The lowest BCUT2D eigenvalue weighted by Crippen LogP contribution is -2.34. The Hall–Kier alpha value is -1.49. The molecular weight excluding hydrogens is 223 g/mol. The van der Waals surface area contributed by atoms with Gasteiger partial charge in [0.1, 0.15) is 5.82 Å². The summed E-state index contributed by atoms with van der Waals surface area (Å²) < 4.78 is 13.1. The maximum Gasteiger partial charge on any atom is 0.317 e. The third-order valence-corrected chi connectivity index (χ3v) is 3.04. The summed E-state index contributed by atoms with van der Waals surface area (Å²) in [5.41, 5.74) is 0.721. The Morgan fingerprint density at radius 3 is 2.88 bits per heavy atom. The van der Waals surface area contributed by atoms with Crippen LogP contribution in [0, 0.1) is 5.82 Å². The number of hydrogen-bond donors (Lipinski definition) is 1. The predicted molar refractivity (Wildman–Crippen MR) is 60.0 cm³/mol. The second-order valence-electron chi connectivity index (χ2n) is 4.41. The topological polar surface area (TPSA) is 53.4 Å². The van der Waals surface area contributed by atoms with Crippen LogP contribution in [0.25, 0.3) is 0 Å². The first-order valence-electron chi connectivity index (χ1n) is 5.66. The molecule has 1 fully saturated rings. The van der Waals surface area contributed by atoms with Crippen LogP contribution >= 0.6 is 0 Å². The molecular formula is C12H15FN2O2. The third kappa shape index (κ3) is 3.00. The molecule has 1 heterocycles. The summed E-state index contributed by atoms with van der Waals surface area (Å²) in [6.45, 7) is 1.88. The molecule has 0 bridgehead atoms. The van der Waals surface area contributed by atoms with Crippen LogP contribution in [0.2, 0.25) is 0 Å². The molecule has 1 aromatic heterocycles. The van der Waals surface area contributed by atoms with Crippen LogP contribution in [0.1, 0.15) is 31.4 Å². The Kier molecular flexibility index (Phi) is 3.38. The monoisotopic (exact) mass is 238 g/mol. The lowest BCUT2D eigenvalue weighted by atomic mass is 10.1. The number of nitrogens with zero attached hydrogens (tertiary/aromatic N) is 2. The molecule has 2 rings (SSSR count). The van der Waals surface area contributed by atoms with Crippen molar-refractivity contribution in [2.45, 2.75) is 31.8 Å². The van der Waals surface area contributed by atoms with Gasteiger partial charge in [-0.05, 0) is 31.4 Å². The maximum atomic E-state index is 13.1. The molecule has 92 valence electrons. The number of carboxylic acid groups (broad SMARTS) is 1. The molecule has 1 aliphatic rings. The van der Waals surface area contributed by atoms with Crippen molar-refractivity contribution in [2.24, 2.45) is 0 Å². The van der Waals surface area contributed by atoms with Crippen molar-refractivity contribution in [1.82, 2.24) is 9.88 Å². The van der Waals surface area contributed by atoms with Crippen molar-refractivity contribution in [2.75, 3.05) is 6.54 Å². The molecule has 1 aromatic rings. The number of rotatable bonds is 5. The minimum Gasteiger partial charge on any atom is -0.480 e.